The number of hydrogen-bond acceptors (Lipinski definition) is 4. The highest BCUT2D eigenvalue weighted by Gasteiger charge is 2.11. The van der Waals surface area contributed by atoms with Crippen molar-refractivity contribution < 1.29 is 9.53 Å². The smallest absolute Gasteiger partial charge is 0.257 e. The highest BCUT2D eigenvalue weighted by atomic mass is 35.5. The van der Waals surface area contributed by atoms with Crippen LogP contribution in [-0.4, -0.2) is 42.2 Å². The maximum Gasteiger partial charge on any atom is 0.257 e. The fourth-order valence-electron chi connectivity index (χ4n) is 2.65. The largest absolute Gasteiger partial charge is 0.379 e. The molecule has 0 aliphatic carbocycles. The summed E-state index contributed by atoms with van der Waals surface area (Å²) in [5.74, 6) is -0.275. The zero-order valence-electron chi connectivity index (χ0n) is 14.2. The van der Waals surface area contributed by atoms with E-state index in [9.17, 15) is 4.79 Å². The van der Waals surface area contributed by atoms with Gasteiger partial charge in [0, 0.05) is 35.9 Å². The van der Waals surface area contributed by atoms with Crippen molar-refractivity contribution >= 4 is 40.5 Å². The fourth-order valence-corrected chi connectivity index (χ4v) is 2.99. The lowest BCUT2D eigenvalue weighted by Gasteiger charge is -2.26. The zero-order valence-corrected chi connectivity index (χ0v) is 15.8. The molecule has 1 aliphatic heterocycles. The predicted octanol–water partition coefficient (Wildman–Crippen LogP) is 3.30. The molecule has 2 aromatic carbocycles. The maximum absolute atomic E-state index is 12.1. The molecule has 0 saturated carbocycles. The Bertz CT molecular complexity index is 759. The first kappa shape index (κ1) is 18.8. The third-order valence-corrected chi connectivity index (χ3v) is 4.51. The minimum atomic E-state index is -0.275. The van der Waals surface area contributed by atoms with Gasteiger partial charge in [-0.15, -0.1) is 0 Å². The molecule has 136 valence electrons. The molecule has 1 saturated heterocycles. The van der Waals surface area contributed by atoms with Crippen molar-refractivity contribution in [2.45, 2.75) is 6.54 Å². The van der Waals surface area contributed by atoms with E-state index in [4.69, 9.17) is 28.6 Å². The van der Waals surface area contributed by atoms with Crippen molar-refractivity contribution in [3.05, 3.63) is 64.7 Å². The number of hydrogen-bond donors (Lipinski definition) is 2. The van der Waals surface area contributed by atoms with Crippen molar-refractivity contribution in [1.82, 2.24) is 10.2 Å². The molecule has 0 bridgehead atoms. The van der Waals surface area contributed by atoms with Crippen LogP contribution >= 0.6 is 23.8 Å². The summed E-state index contributed by atoms with van der Waals surface area (Å²) in [5.41, 5.74) is 2.56. The molecule has 5 nitrogen and oxygen atoms in total. The minimum absolute atomic E-state index is 0.255. The van der Waals surface area contributed by atoms with Crippen LogP contribution in [0.2, 0.25) is 5.02 Å². The molecular weight excluding hydrogens is 370 g/mol. The molecule has 1 fully saturated rings. The van der Waals surface area contributed by atoms with Crippen LogP contribution in [-0.2, 0) is 11.3 Å². The average Bonchev–Trinajstić information content (AvgIpc) is 2.64. The summed E-state index contributed by atoms with van der Waals surface area (Å²) in [6, 6.07) is 14.7. The number of nitrogens with zero attached hydrogens (tertiary/aromatic N) is 1. The fraction of sp³-hybridized carbons (Fsp3) is 0.263. The number of carbonyl (C=O) groups excluding carboxylic acids is 1. The van der Waals surface area contributed by atoms with Crippen molar-refractivity contribution in [1.29, 1.82) is 0 Å². The van der Waals surface area contributed by atoms with E-state index in [0.29, 0.717) is 10.6 Å². The number of amides is 1. The van der Waals surface area contributed by atoms with E-state index in [2.05, 4.69) is 27.7 Å². The Labute approximate surface area is 163 Å². The summed E-state index contributed by atoms with van der Waals surface area (Å²) >= 11 is 11.0. The van der Waals surface area contributed by atoms with E-state index >= 15 is 0 Å². The molecule has 0 atom stereocenters. The number of benzene rings is 2. The topological polar surface area (TPSA) is 53.6 Å². The molecule has 3 rings (SSSR count). The zero-order chi connectivity index (χ0) is 18.4. The van der Waals surface area contributed by atoms with Crippen LogP contribution in [0.1, 0.15) is 15.9 Å². The Balaban J connectivity index is 1.50. The Hall–Kier alpha value is -1.99. The van der Waals surface area contributed by atoms with Gasteiger partial charge in [0.1, 0.15) is 0 Å². The van der Waals surface area contributed by atoms with Crippen molar-refractivity contribution in [2.24, 2.45) is 0 Å². The number of nitrogens with one attached hydrogen (secondary N) is 2. The van der Waals surface area contributed by atoms with Gasteiger partial charge in [0.2, 0.25) is 0 Å². The van der Waals surface area contributed by atoms with Gasteiger partial charge in [0.15, 0.2) is 5.11 Å². The number of anilines is 1. The Morgan fingerprint density at radius 1 is 1.08 bits per heavy atom. The Morgan fingerprint density at radius 2 is 1.73 bits per heavy atom. The summed E-state index contributed by atoms with van der Waals surface area (Å²) in [6.07, 6.45) is 0. The normalized spacial score (nSPS) is 14.7. The van der Waals surface area contributed by atoms with E-state index < -0.39 is 0 Å². The summed E-state index contributed by atoms with van der Waals surface area (Å²) in [6.45, 7) is 4.41. The van der Waals surface area contributed by atoms with Gasteiger partial charge in [0.25, 0.3) is 5.91 Å². The van der Waals surface area contributed by atoms with Crippen LogP contribution in [0.25, 0.3) is 0 Å². The summed E-state index contributed by atoms with van der Waals surface area (Å²) < 4.78 is 5.36. The third-order valence-electron chi connectivity index (χ3n) is 4.06. The second-order valence-corrected chi connectivity index (χ2v) is 6.85. The van der Waals surface area contributed by atoms with Gasteiger partial charge in [-0.25, -0.2) is 0 Å². The molecule has 2 aromatic rings. The van der Waals surface area contributed by atoms with Gasteiger partial charge in [-0.05, 0) is 54.2 Å². The first-order valence-electron chi connectivity index (χ1n) is 8.37. The second kappa shape index (κ2) is 9.09. The van der Waals surface area contributed by atoms with Crippen LogP contribution in [0.5, 0.6) is 0 Å². The molecule has 0 radical (unpaired) electrons. The summed E-state index contributed by atoms with van der Waals surface area (Å²) in [5, 5.41) is 6.52. The lowest BCUT2D eigenvalue weighted by molar-refractivity contribution is 0.0342. The maximum atomic E-state index is 12.1. The average molecular weight is 390 g/mol. The van der Waals surface area contributed by atoms with E-state index in [1.807, 2.05) is 12.1 Å². The number of halogens is 1. The molecule has 1 amide bonds. The van der Waals surface area contributed by atoms with E-state index in [0.717, 1.165) is 38.5 Å². The first-order chi connectivity index (χ1) is 12.6. The predicted molar refractivity (Wildman–Crippen MR) is 108 cm³/mol. The monoisotopic (exact) mass is 389 g/mol. The number of ether oxygens (including phenoxy) is 1. The quantitative estimate of drug-likeness (QED) is 0.786. The first-order valence-corrected chi connectivity index (χ1v) is 9.16. The highest BCUT2D eigenvalue weighted by molar-refractivity contribution is 7.80. The Morgan fingerprint density at radius 3 is 2.38 bits per heavy atom. The number of thiocarbonyl (C=S) groups is 1. The van der Waals surface area contributed by atoms with E-state index in [1.165, 1.54) is 5.56 Å². The highest BCUT2D eigenvalue weighted by Crippen LogP contribution is 2.13. The molecule has 0 aromatic heterocycles. The molecule has 0 spiro atoms. The van der Waals surface area contributed by atoms with Crippen LogP contribution in [0.4, 0.5) is 5.69 Å². The number of rotatable bonds is 4. The van der Waals surface area contributed by atoms with Gasteiger partial charge in [-0.2, -0.15) is 0 Å². The van der Waals surface area contributed by atoms with Crippen LogP contribution in [0, 0.1) is 0 Å². The third kappa shape index (κ3) is 5.51. The minimum Gasteiger partial charge on any atom is -0.379 e. The molecule has 7 heteroatoms. The van der Waals surface area contributed by atoms with Crippen LogP contribution < -0.4 is 10.6 Å². The summed E-state index contributed by atoms with van der Waals surface area (Å²) in [7, 11) is 0. The molecule has 26 heavy (non-hydrogen) atoms. The summed E-state index contributed by atoms with van der Waals surface area (Å²) in [4.78, 5) is 14.5. The van der Waals surface area contributed by atoms with Crippen molar-refractivity contribution in [3.63, 3.8) is 0 Å². The molecule has 1 heterocycles. The van der Waals surface area contributed by atoms with Gasteiger partial charge in [0.05, 0.1) is 13.2 Å². The standard InChI is InChI=1S/C19H20ClN3O2S/c20-16-5-3-15(4-6-16)18(24)22-19(26)21-17-7-1-14(2-8-17)13-23-9-11-25-12-10-23/h1-8H,9-13H2,(H2,21,22,24,26). The lowest BCUT2D eigenvalue weighted by Crippen LogP contribution is -2.35. The van der Waals surface area contributed by atoms with Crippen molar-refractivity contribution in [3.8, 4) is 0 Å². The molecule has 1 aliphatic rings. The van der Waals surface area contributed by atoms with E-state index in [-0.39, 0.29) is 11.0 Å². The Kier molecular flexibility index (Phi) is 6.57. The molecule has 2 N–H and O–H groups in total. The van der Waals surface area contributed by atoms with Crippen LogP contribution in [0.3, 0.4) is 0 Å². The van der Waals surface area contributed by atoms with Gasteiger partial charge in [-0.3, -0.25) is 15.0 Å². The van der Waals surface area contributed by atoms with Gasteiger partial charge < -0.3 is 10.1 Å². The lowest BCUT2D eigenvalue weighted by atomic mass is 10.2. The number of carbonyl (C=O) groups is 1. The molecule has 0 unspecified atom stereocenters. The SMILES string of the molecule is O=C(NC(=S)Nc1ccc(CN2CCOCC2)cc1)c1ccc(Cl)cc1. The van der Waals surface area contributed by atoms with Gasteiger partial charge >= 0.3 is 0 Å². The molecular formula is C19H20ClN3O2S. The van der Waals surface area contributed by atoms with Gasteiger partial charge in [-0.1, -0.05) is 23.7 Å². The number of morpholine rings is 1. The van der Waals surface area contributed by atoms with E-state index in [1.54, 1.807) is 24.3 Å². The second-order valence-electron chi connectivity index (χ2n) is 6.00. The van der Waals surface area contributed by atoms with Crippen molar-refractivity contribution in [2.75, 3.05) is 31.6 Å². The van der Waals surface area contributed by atoms with Crippen LogP contribution in [0.15, 0.2) is 48.5 Å².